The maximum atomic E-state index is 11.7. The minimum Gasteiger partial charge on any atom is -0.444 e. The van der Waals surface area contributed by atoms with E-state index in [9.17, 15) is 4.79 Å². The number of rotatable bonds is 1. The topological polar surface area (TPSA) is 76.4 Å². The molecule has 1 amide bonds. The largest absolute Gasteiger partial charge is 0.444 e. The summed E-state index contributed by atoms with van der Waals surface area (Å²) >= 11 is 0. The summed E-state index contributed by atoms with van der Waals surface area (Å²) in [5.41, 5.74) is 8.73. The van der Waals surface area contributed by atoms with E-state index in [0.29, 0.717) is 11.4 Å². The number of fused-ring (bicyclic) bond motifs is 1. The Kier molecular flexibility index (Phi) is 3.07. The highest BCUT2D eigenvalue weighted by Gasteiger charge is 2.18. The van der Waals surface area contributed by atoms with Gasteiger partial charge in [-0.1, -0.05) is 0 Å². The molecule has 4 N–H and O–H groups in total. The van der Waals surface area contributed by atoms with Gasteiger partial charge in [0.1, 0.15) is 5.60 Å². The Morgan fingerprint density at radius 1 is 1.44 bits per heavy atom. The van der Waals surface area contributed by atoms with Crippen molar-refractivity contribution in [2.24, 2.45) is 0 Å². The molecule has 0 atom stereocenters. The molecule has 0 spiro atoms. The van der Waals surface area contributed by atoms with Crippen LogP contribution in [-0.4, -0.2) is 18.2 Å². The van der Waals surface area contributed by atoms with E-state index < -0.39 is 11.7 Å². The molecule has 5 nitrogen and oxygen atoms in total. The Balaban J connectivity index is 2.12. The van der Waals surface area contributed by atoms with Crippen molar-refractivity contribution in [3.05, 3.63) is 17.7 Å². The molecule has 1 heterocycles. The van der Waals surface area contributed by atoms with Crippen LogP contribution in [0.3, 0.4) is 0 Å². The van der Waals surface area contributed by atoms with Gasteiger partial charge in [0, 0.05) is 12.2 Å². The molecule has 1 aliphatic rings. The second-order valence-corrected chi connectivity index (χ2v) is 5.40. The first-order chi connectivity index (χ1) is 8.35. The minimum absolute atomic E-state index is 0.493. The number of carbonyl (C=O) groups excluding carboxylic acids is 1. The van der Waals surface area contributed by atoms with E-state index >= 15 is 0 Å². The van der Waals surface area contributed by atoms with Gasteiger partial charge in [-0.2, -0.15) is 0 Å². The number of nitrogens with two attached hydrogens (primary N) is 1. The lowest BCUT2D eigenvalue weighted by atomic mass is 10.1. The first-order valence-corrected chi connectivity index (χ1v) is 6.01. The summed E-state index contributed by atoms with van der Waals surface area (Å²) in [5, 5.41) is 5.91. The molecule has 2 rings (SSSR count). The van der Waals surface area contributed by atoms with Gasteiger partial charge in [-0.15, -0.1) is 0 Å². The molecule has 1 aromatic carbocycles. The summed E-state index contributed by atoms with van der Waals surface area (Å²) in [6, 6.07) is 3.74. The molecule has 0 radical (unpaired) electrons. The van der Waals surface area contributed by atoms with Crippen molar-refractivity contribution in [2.45, 2.75) is 32.8 Å². The molecule has 0 aliphatic carbocycles. The predicted octanol–water partition coefficient (Wildman–Crippen LogP) is 2.58. The molecule has 0 aromatic heterocycles. The van der Waals surface area contributed by atoms with E-state index in [1.54, 1.807) is 0 Å². The number of anilines is 3. The number of benzene rings is 1. The van der Waals surface area contributed by atoms with Gasteiger partial charge in [0.25, 0.3) is 0 Å². The number of nitrogens with one attached hydrogen (secondary N) is 2. The standard InChI is InChI=1S/C13H19N3O2/c1-13(2,3)18-12(17)16-11-7-10-8(4-5-15-10)6-9(11)14/h6-7,15H,4-5,14H2,1-3H3,(H,16,17). The van der Waals surface area contributed by atoms with Crippen molar-refractivity contribution in [3.63, 3.8) is 0 Å². The molecule has 0 saturated heterocycles. The Hall–Kier alpha value is -1.91. The summed E-state index contributed by atoms with van der Waals surface area (Å²) in [7, 11) is 0. The third kappa shape index (κ3) is 2.85. The van der Waals surface area contributed by atoms with Crippen LogP contribution >= 0.6 is 0 Å². The number of nitrogen functional groups attached to an aromatic ring is 1. The lowest BCUT2D eigenvalue weighted by Crippen LogP contribution is -2.27. The van der Waals surface area contributed by atoms with Gasteiger partial charge in [0.05, 0.1) is 11.4 Å². The summed E-state index contributed by atoms with van der Waals surface area (Å²) in [6.07, 6.45) is 0.471. The zero-order valence-corrected chi connectivity index (χ0v) is 11.0. The monoisotopic (exact) mass is 249 g/mol. The van der Waals surface area contributed by atoms with E-state index in [4.69, 9.17) is 10.5 Å². The lowest BCUT2D eigenvalue weighted by molar-refractivity contribution is 0.0636. The maximum absolute atomic E-state index is 11.7. The lowest BCUT2D eigenvalue weighted by Gasteiger charge is -2.20. The van der Waals surface area contributed by atoms with Gasteiger partial charge in [0.15, 0.2) is 0 Å². The van der Waals surface area contributed by atoms with Crippen LogP contribution in [-0.2, 0) is 11.2 Å². The van der Waals surface area contributed by atoms with E-state index in [2.05, 4.69) is 10.6 Å². The number of ether oxygens (including phenoxy) is 1. The van der Waals surface area contributed by atoms with Crippen LogP contribution in [0.5, 0.6) is 0 Å². The van der Waals surface area contributed by atoms with Crippen molar-refractivity contribution in [1.82, 2.24) is 0 Å². The van der Waals surface area contributed by atoms with Gasteiger partial charge in [-0.05, 0) is 44.9 Å². The van der Waals surface area contributed by atoms with Crippen molar-refractivity contribution in [3.8, 4) is 0 Å². The van der Waals surface area contributed by atoms with Gasteiger partial charge in [-0.25, -0.2) is 4.79 Å². The van der Waals surface area contributed by atoms with E-state index in [1.165, 1.54) is 5.56 Å². The fourth-order valence-corrected chi connectivity index (χ4v) is 1.89. The van der Waals surface area contributed by atoms with Gasteiger partial charge >= 0.3 is 6.09 Å². The number of hydrogen-bond donors (Lipinski definition) is 3. The third-order valence-electron chi connectivity index (χ3n) is 2.62. The fourth-order valence-electron chi connectivity index (χ4n) is 1.89. The number of amides is 1. The van der Waals surface area contributed by atoms with Crippen LogP contribution in [0.1, 0.15) is 26.3 Å². The van der Waals surface area contributed by atoms with Crippen LogP contribution in [0.25, 0.3) is 0 Å². The average molecular weight is 249 g/mol. The van der Waals surface area contributed by atoms with Crippen molar-refractivity contribution < 1.29 is 9.53 Å². The molecule has 0 fully saturated rings. The van der Waals surface area contributed by atoms with Crippen molar-refractivity contribution in [1.29, 1.82) is 0 Å². The second-order valence-electron chi connectivity index (χ2n) is 5.40. The minimum atomic E-state index is -0.520. The zero-order valence-electron chi connectivity index (χ0n) is 11.0. The summed E-state index contributed by atoms with van der Waals surface area (Å²) in [5.74, 6) is 0. The zero-order chi connectivity index (χ0) is 13.3. The van der Waals surface area contributed by atoms with Crippen LogP contribution < -0.4 is 16.4 Å². The van der Waals surface area contributed by atoms with Crippen molar-refractivity contribution >= 4 is 23.2 Å². The van der Waals surface area contributed by atoms with Gasteiger partial charge in [0.2, 0.25) is 0 Å². The van der Waals surface area contributed by atoms with E-state index in [1.807, 2.05) is 32.9 Å². The van der Waals surface area contributed by atoms with E-state index in [0.717, 1.165) is 18.7 Å². The molecule has 18 heavy (non-hydrogen) atoms. The summed E-state index contributed by atoms with van der Waals surface area (Å²) in [6.45, 7) is 6.37. The highest BCUT2D eigenvalue weighted by molar-refractivity contribution is 5.91. The highest BCUT2D eigenvalue weighted by atomic mass is 16.6. The Morgan fingerprint density at radius 3 is 2.83 bits per heavy atom. The number of carbonyl (C=O) groups is 1. The molecule has 1 aromatic rings. The first kappa shape index (κ1) is 12.5. The molecule has 0 saturated carbocycles. The smallest absolute Gasteiger partial charge is 0.412 e. The van der Waals surface area contributed by atoms with Gasteiger partial charge in [-0.3, -0.25) is 5.32 Å². The van der Waals surface area contributed by atoms with E-state index in [-0.39, 0.29) is 0 Å². The molecule has 98 valence electrons. The Morgan fingerprint density at radius 2 is 2.17 bits per heavy atom. The van der Waals surface area contributed by atoms with Crippen molar-refractivity contribution in [2.75, 3.05) is 22.9 Å². The summed E-state index contributed by atoms with van der Waals surface area (Å²) in [4.78, 5) is 11.7. The molecular formula is C13H19N3O2. The van der Waals surface area contributed by atoms with Crippen LogP contribution in [0.2, 0.25) is 0 Å². The SMILES string of the molecule is CC(C)(C)OC(=O)Nc1cc2c(cc1N)CCN2. The van der Waals surface area contributed by atoms with Gasteiger partial charge < -0.3 is 15.8 Å². The van der Waals surface area contributed by atoms with Crippen LogP contribution in [0.4, 0.5) is 21.9 Å². The van der Waals surface area contributed by atoms with Crippen LogP contribution in [0, 0.1) is 0 Å². The average Bonchev–Trinajstić information content (AvgIpc) is 2.62. The predicted molar refractivity (Wildman–Crippen MR) is 72.9 cm³/mol. The normalized spacial score (nSPS) is 13.7. The third-order valence-corrected chi connectivity index (χ3v) is 2.62. The molecule has 1 aliphatic heterocycles. The highest BCUT2D eigenvalue weighted by Crippen LogP contribution is 2.31. The quantitative estimate of drug-likeness (QED) is 0.669. The molecular weight excluding hydrogens is 230 g/mol. The second kappa shape index (κ2) is 4.40. The molecule has 0 bridgehead atoms. The Labute approximate surface area is 107 Å². The molecule has 0 unspecified atom stereocenters. The van der Waals surface area contributed by atoms with Crippen LogP contribution in [0.15, 0.2) is 12.1 Å². The molecule has 5 heteroatoms. The fraction of sp³-hybridized carbons (Fsp3) is 0.462. The Bertz CT molecular complexity index is 478. The number of hydrogen-bond acceptors (Lipinski definition) is 4. The maximum Gasteiger partial charge on any atom is 0.412 e. The summed E-state index contributed by atoms with van der Waals surface area (Å²) < 4.78 is 5.19. The first-order valence-electron chi connectivity index (χ1n) is 6.01.